The number of benzene rings is 1. The summed E-state index contributed by atoms with van der Waals surface area (Å²) in [4.78, 5) is 25.8. The lowest BCUT2D eigenvalue weighted by atomic mass is 9.96. The molecule has 2 rings (SSSR count). The lowest BCUT2D eigenvalue weighted by Gasteiger charge is -2.35. The molecule has 1 aromatic rings. The Morgan fingerprint density at radius 1 is 1.32 bits per heavy atom. The van der Waals surface area contributed by atoms with Crippen LogP contribution in [0.4, 0.5) is 10.5 Å². The predicted molar refractivity (Wildman–Crippen MR) is 73.6 cm³/mol. The van der Waals surface area contributed by atoms with Gasteiger partial charge in [-0.05, 0) is 39.8 Å². The topological polar surface area (TPSA) is 46.6 Å². The Morgan fingerprint density at radius 2 is 1.95 bits per heavy atom. The number of amides is 1. The molecule has 0 fully saturated rings. The lowest BCUT2D eigenvalue weighted by Crippen LogP contribution is -2.46. The molecule has 1 aromatic carbocycles. The van der Waals surface area contributed by atoms with Crippen LogP contribution >= 0.6 is 0 Å². The molecule has 0 aliphatic carbocycles. The van der Waals surface area contributed by atoms with Crippen LogP contribution in [0.25, 0.3) is 0 Å². The van der Waals surface area contributed by atoms with E-state index in [1.807, 2.05) is 33.8 Å². The van der Waals surface area contributed by atoms with Crippen LogP contribution in [-0.4, -0.2) is 23.5 Å². The third-order valence-corrected chi connectivity index (χ3v) is 2.98. The standard InChI is InChI=1S/C15H19NO3/c1-10-9-13(17)11-7-5-6-8-12(11)16(10)14(18)19-15(2,3)4/h5-8,10H,9H2,1-4H3/t10-/m1/s1. The van der Waals surface area contributed by atoms with Gasteiger partial charge < -0.3 is 4.74 Å². The number of anilines is 1. The zero-order valence-electron chi connectivity index (χ0n) is 11.8. The molecule has 19 heavy (non-hydrogen) atoms. The number of ether oxygens (including phenoxy) is 1. The lowest BCUT2D eigenvalue weighted by molar-refractivity contribution is 0.0563. The molecule has 4 nitrogen and oxygen atoms in total. The van der Waals surface area contributed by atoms with Gasteiger partial charge in [0.1, 0.15) is 5.60 Å². The zero-order valence-corrected chi connectivity index (χ0v) is 11.8. The van der Waals surface area contributed by atoms with Crippen LogP contribution in [0, 0.1) is 0 Å². The fourth-order valence-corrected chi connectivity index (χ4v) is 2.22. The Balaban J connectivity index is 2.37. The third kappa shape index (κ3) is 2.78. The Kier molecular flexibility index (Phi) is 3.35. The molecule has 0 spiro atoms. The maximum absolute atomic E-state index is 12.3. The minimum Gasteiger partial charge on any atom is -0.443 e. The number of Topliss-reactive ketones (excluding diaryl/α,β-unsaturated/α-hetero) is 1. The highest BCUT2D eigenvalue weighted by atomic mass is 16.6. The number of rotatable bonds is 0. The summed E-state index contributed by atoms with van der Waals surface area (Å²) in [5.41, 5.74) is 0.680. The molecule has 1 aliphatic rings. The summed E-state index contributed by atoms with van der Waals surface area (Å²) in [7, 11) is 0. The number of fused-ring (bicyclic) bond motifs is 1. The van der Waals surface area contributed by atoms with Crippen LogP contribution < -0.4 is 4.90 Å². The molecule has 0 unspecified atom stereocenters. The van der Waals surface area contributed by atoms with E-state index in [2.05, 4.69) is 0 Å². The Hall–Kier alpha value is -1.84. The second-order valence-electron chi connectivity index (χ2n) is 5.84. The molecule has 1 atom stereocenters. The van der Waals surface area contributed by atoms with E-state index in [4.69, 9.17) is 4.74 Å². The summed E-state index contributed by atoms with van der Waals surface area (Å²) in [6.07, 6.45) is -0.0732. The van der Waals surface area contributed by atoms with Gasteiger partial charge in [-0.2, -0.15) is 0 Å². The van der Waals surface area contributed by atoms with Crippen molar-refractivity contribution in [3.05, 3.63) is 29.8 Å². The summed E-state index contributed by atoms with van der Waals surface area (Å²) in [5, 5.41) is 0. The highest BCUT2D eigenvalue weighted by molar-refractivity contribution is 6.08. The molecule has 0 radical (unpaired) electrons. The van der Waals surface area contributed by atoms with E-state index < -0.39 is 11.7 Å². The molecule has 0 aromatic heterocycles. The van der Waals surface area contributed by atoms with Gasteiger partial charge in [-0.3, -0.25) is 9.69 Å². The van der Waals surface area contributed by atoms with Gasteiger partial charge in [0.05, 0.1) is 5.69 Å². The number of carbonyl (C=O) groups is 2. The van der Waals surface area contributed by atoms with Crippen molar-refractivity contribution in [2.45, 2.75) is 45.8 Å². The van der Waals surface area contributed by atoms with Crippen molar-refractivity contribution in [2.24, 2.45) is 0 Å². The van der Waals surface area contributed by atoms with Crippen molar-refractivity contribution >= 4 is 17.6 Å². The second-order valence-corrected chi connectivity index (χ2v) is 5.84. The average Bonchev–Trinajstić information content (AvgIpc) is 2.26. The van der Waals surface area contributed by atoms with E-state index in [-0.39, 0.29) is 11.8 Å². The highest BCUT2D eigenvalue weighted by Gasteiger charge is 2.34. The molecule has 0 saturated carbocycles. The molecule has 1 heterocycles. The van der Waals surface area contributed by atoms with Gasteiger partial charge in [-0.25, -0.2) is 4.79 Å². The van der Waals surface area contributed by atoms with Crippen LogP contribution in [0.15, 0.2) is 24.3 Å². The van der Waals surface area contributed by atoms with Gasteiger partial charge in [0.15, 0.2) is 5.78 Å². The Morgan fingerprint density at radius 3 is 2.58 bits per heavy atom. The number of nitrogens with zero attached hydrogens (tertiary/aromatic N) is 1. The minimum atomic E-state index is -0.548. The first kappa shape index (κ1) is 13.6. The van der Waals surface area contributed by atoms with Crippen LogP contribution in [0.3, 0.4) is 0 Å². The van der Waals surface area contributed by atoms with Crippen molar-refractivity contribution in [1.82, 2.24) is 0 Å². The van der Waals surface area contributed by atoms with Crippen molar-refractivity contribution in [2.75, 3.05) is 4.90 Å². The molecular formula is C15H19NO3. The number of carbonyl (C=O) groups excluding carboxylic acids is 2. The number of hydrogen-bond acceptors (Lipinski definition) is 3. The first-order valence-corrected chi connectivity index (χ1v) is 6.44. The summed E-state index contributed by atoms with van der Waals surface area (Å²) in [6, 6.07) is 6.98. The van der Waals surface area contributed by atoms with Crippen LogP contribution in [0.5, 0.6) is 0 Å². The highest BCUT2D eigenvalue weighted by Crippen LogP contribution is 2.31. The molecule has 1 aliphatic heterocycles. The maximum Gasteiger partial charge on any atom is 0.415 e. The first-order chi connectivity index (χ1) is 8.79. The summed E-state index contributed by atoms with van der Waals surface area (Å²) in [5.74, 6) is 0.0721. The van der Waals surface area contributed by atoms with Crippen LogP contribution in [0.2, 0.25) is 0 Å². The average molecular weight is 261 g/mol. The van der Waals surface area contributed by atoms with Crippen LogP contribution in [-0.2, 0) is 4.74 Å². The van der Waals surface area contributed by atoms with Crippen molar-refractivity contribution in [3.8, 4) is 0 Å². The fourth-order valence-electron chi connectivity index (χ4n) is 2.22. The summed E-state index contributed by atoms with van der Waals surface area (Å²) < 4.78 is 5.42. The quantitative estimate of drug-likeness (QED) is 0.719. The van der Waals surface area contributed by atoms with Crippen LogP contribution in [0.1, 0.15) is 44.5 Å². The summed E-state index contributed by atoms with van der Waals surface area (Å²) >= 11 is 0. The van der Waals surface area contributed by atoms with Gasteiger partial charge in [0.2, 0.25) is 0 Å². The third-order valence-electron chi connectivity index (χ3n) is 2.98. The van der Waals surface area contributed by atoms with Gasteiger partial charge in [0.25, 0.3) is 0 Å². The molecular weight excluding hydrogens is 242 g/mol. The van der Waals surface area contributed by atoms with Crippen molar-refractivity contribution < 1.29 is 14.3 Å². The Labute approximate surface area is 113 Å². The van der Waals surface area contributed by atoms with Gasteiger partial charge >= 0.3 is 6.09 Å². The molecule has 4 heteroatoms. The first-order valence-electron chi connectivity index (χ1n) is 6.44. The SMILES string of the molecule is C[C@@H]1CC(=O)c2ccccc2N1C(=O)OC(C)(C)C. The van der Waals surface area contributed by atoms with E-state index in [1.165, 1.54) is 0 Å². The van der Waals surface area contributed by atoms with Crippen molar-refractivity contribution in [1.29, 1.82) is 0 Å². The fraction of sp³-hybridized carbons (Fsp3) is 0.467. The van der Waals surface area contributed by atoms with E-state index in [1.54, 1.807) is 23.1 Å². The largest absolute Gasteiger partial charge is 0.443 e. The van der Waals surface area contributed by atoms with Gasteiger partial charge in [0, 0.05) is 18.0 Å². The van der Waals surface area contributed by atoms with E-state index in [0.29, 0.717) is 17.7 Å². The Bertz CT molecular complexity index is 516. The minimum absolute atomic E-state index is 0.0721. The number of hydrogen-bond donors (Lipinski definition) is 0. The number of ketones is 1. The van der Waals surface area contributed by atoms with Gasteiger partial charge in [-0.15, -0.1) is 0 Å². The molecule has 0 bridgehead atoms. The summed E-state index contributed by atoms with van der Waals surface area (Å²) in [6.45, 7) is 7.35. The molecule has 1 amide bonds. The number of para-hydroxylation sites is 1. The second kappa shape index (κ2) is 4.68. The molecule has 102 valence electrons. The van der Waals surface area contributed by atoms with E-state index in [9.17, 15) is 9.59 Å². The predicted octanol–water partition coefficient (Wildman–Crippen LogP) is 3.40. The zero-order chi connectivity index (χ0) is 14.2. The van der Waals surface area contributed by atoms with E-state index in [0.717, 1.165) is 0 Å². The van der Waals surface area contributed by atoms with E-state index >= 15 is 0 Å². The normalized spacial score (nSPS) is 19.1. The van der Waals surface area contributed by atoms with Gasteiger partial charge in [-0.1, -0.05) is 12.1 Å². The molecule has 0 N–H and O–H groups in total. The monoisotopic (exact) mass is 261 g/mol. The van der Waals surface area contributed by atoms with Crippen molar-refractivity contribution in [3.63, 3.8) is 0 Å². The smallest absolute Gasteiger partial charge is 0.415 e. The maximum atomic E-state index is 12.3. The molecule has 0 saturated heterocycles.